The van der Waals surface area contributed by atoms with Crippen molar-refractivity contribution < 1.29 is 9.53 Å². The van der Waals surface area contributed by atoms with Gasteiger partial charge in [0.05, 0.1) is 18.8 Å². The normalized spacial score (nSPS) is 14.5. The van der Waals surface area contributed by atoms with E-state index in [1.54, 1.807) is 6.20 Å². The molecule has 0 saturated heterocycles. The lowest BCUT2D eigenvalue weighted by Crippen LogP contribution is -2.22. The number of amides is 1. The van der Waals surface area contributed by atoms with E-state index in [9.17, 15) is 4.79 Å². The highest BCUT2D eigenvalue weighted by Gasteiger charge is 2.27. The third-order valence-corrected chi connectivity index (χ3v) is 6.13. The van der Waals surface area contributed by atoms with Gasteiger partial charge >= 0.3 is 0 Å². The highest BCUT2D eigenvalue weighted by atomic mass is 79.9. The Labute approximate surface area is 206 Å². The number of rotatable bonds is 6. The minimum atomic E-state index is -0.234. The number of allylic oxidation sites excluding steroid dienone is 1. The minimum Gasteiger partial charge on any atom is -0.494 e. The molecule has 0 spiro atoms. The Morgan fingerprint density at radius 2 is 1.79 bits per heavy atom. The summed E-state index contributed by atoms with van der Waals surface area (Å²) in [7, 11) is 0. The summed E-state index contributed by atoms with van der Waals surface area (Å²) < 4.78 is 8.34. The first-order chi connectivity index (χ1) is 16.6. The Morgan fingerprint density at radius 3 is 2.50 bits per heavy atom. The van der Waals surface area contributed by atoms with Crippen LogP contribution in [0, 0.1) is 0 Å². The molecule has 0 bridgehead atoms. The third kappa shape index (κ3) is 4.47. The van der Waals surface area contributed by atoms with Crippen LogP contribution < -0.4 is 15.4 Å². The summed E-state index contributed by atoms with van der Waals surface area (Å²) in [6, 6.07) is 25.4. The number of hydrogen-bond acceptors (Lipinski definition) is 4. The van der Waals surface area contributed by atoms with E-state index in [1.165, 1.54) is 0 Å². The minimum absolute atomic E-state index is 0.161. The van der Waals surface area contributed by atoms with Crippen molar-refractivity contribution in [1.29, 1.82) is 0 Å². The summed E-state index contributed by atoms with van der Waals surface area (Å²) in [5.74, 6) is 1.18. The number of aromatic nitrogens is 2. The Bertz CT molecular complexity index is 1330. The molecule has 5 rings (SSSR count). The molecular formula is C27H23BrN4O2. The molecule has 170 valence electrons. The second kappa shape index (κ2) is 9.57. The number of carbonyl (C=O) groups is 1. The summed E-state index contributed by atoms with van der Waals surface area (Å²) in [4.78, 5) is 13.2. The largest absolute Gasteiger partial charge is 0.494 e. The van der Waals surface area contributed by atoms with Crippen LogP contribution in [0.4, 0.5) is 11.5 Å². The van der Waals surface area contributed by atoms with E-state index in [2.05, 4.69) is 49.9 Å². The van der Waals surface area contributed by atoms with E-state index >= 15 is 0 Å². The maximum absolute atomic E-state index is 13.2. The number of hydrogen-bond donors (Lipinski definition) is 2. The number of ether oxygens (including phenoxy) is 1. The molecule has 0 unspecified atom stereocenters. The zero-order chi connectivity index (χ0) is 23.5. The molecule has 7 heteroatoms. The fourth-order valence-corrected chi connectivity index (χ4v) is 4.21. The molecule has 6 nitrogen and oxygen atoms in total. The highest BCUT2D eigenvalue weighted by molar-refractivity contribution is 9.10. The average molecular weight is 515 g/mol. The molecule has 2 heterocycles. The number of anilines is 2. The Balaban J connectivity index is 1.49. The topological polar surface area (TPSA) is 68.2 Å². The Hall–Kier alpha value is -3.84. The predicted molar refractivity (Wildman–Crippen MR) is 138 cm³/mol. The van der Waals surface area contributed by atoms with Gasteiger partial charge in [-0.05, 0) is 60.5 Å². The molecule has 34 heavy (non-hydrogen) atoms. The van der Waals surface area contributed by atoms with Crippen LogP contribution in [0.5, 0.6) is 5.75 Å². The second-order valence-corrected chi connectivity index (χ2v) is 8.75. The standard InChI is InChI=1S/C27H23BrN4O2/c1-2-34-22-14-12-21(13-15-22)30-27(33)23-17-29-32-25(19-8-10-20(28)11-9-19)16-24(31-26(23)32)18-6-4-3-5-7-18/h3-17,25,31H,2H2,1H3,(H,30,33)/t25-/m0/s1. The van der Waals surface area contributed by atoms with Crippen LogP contribution >= 0.6 is 15.9 Å². The van der Waals surface area contributed by atoms with Gasteiger partial charge in [-0.3, -0.25) is 4.79 Å². The van der Waals surface area contributed by atoms with Gasteiger partial charge in [-0.2, -0.15) is 5.10 Å². The van der Waals surface area contributed by atoms with Crippen LogP contribution in [-0.2, 0) is 0 Å². The van der Waals surface area contributed by atoms with Gasteiger partial charge in [-0.1, -0.05) is 58.4 Å². The van der Waals surface area contributed by atoms with E-state index in [4.69, 9.17) is 4.74 Å². The molecular weight excluding hydrogens is 492 g/mol. The van der Waals surface area contributed by atoms with Crippen molar-refractivity contribution in [3.63, 3.8) is 0 Å². The molecule has 0 aliphatic carbocycles. The molecule has 1 amide bonds. The fourth-order valence-electron chi connectivity index (χ4n) is 3.94. The molecule has 1 aromatic heterocycles. The summed E-state index contributed by atoms with van der Waals surface area (Å²) in [6.45, 7) is 2.53. The first kappa shape index (κ1) is 22.0. The van der Waals surface area contributed by atoms with E-state index in [1.807, 2.05) is 78.3 Å². The zero-order valence-electron chi connectivity index (χ0n) is 18.5. The van der Waals surface area contributed by atoms with E-state index in [-0.39, 0.29) is 11.9 Å². The molecule has 1 aliphatic heterocycles. The summed E-state index contributed by atoms with van der Waals surface area (Å²) in [5.41, 5.74) is 4.19. The number of fused-ring (bicyclic) bond motifs is 1. The fraction of sp³-hybridized carbons (Fsp3) is 0.111. The van der Waals surface area contributed by atoms with Crippen LogP contribution in [0.3, 0.4) is 0 Å². The highest BCUT2D eigenvalue weighted by Crippen LogP contribution is 2.35. The van der Waals surface area contributed by atoms with Crippen molar-refractivity contribution in [2.75, 3.05) is 17.2 Å². The number of benzene rings is 3. The van der Waals surface area contributed by atoms with Crippen LogP contribution in [0.25, 0.3) is 5.70 Å². The van der Waals surface area contributed by atoms with E-state index < -0.39 is 0 Å². The van der Waals surface area contributed by atoms with Gasteiger partial charge in [0.15, 0.2) is 0 Å². The summed E-state index contributed by atoms with van der Waals surface area (Å²) >= 11 is 3.51. The van der Waals surface area contributed by atoms with Gasteiger partial charge in [0.25, 0.3) is 5.91 Å². The molecule has 4 aromatic rings. The molecule has 2 N–H and O–H groups in total. The maximum atomic E-state index is 13.2. The van der Waals surface area contributed by atoms with Crippen molar-refractivity contribution >= 4 is 39.0 Å². The van der Waals surface area contributed by atoms with E-state index in [0.717, 1.165) is 27.0 Å². The lowest BCUT2D eigenvalue weighted by atomic mass is 10.0. The van der Waals surface area contributed by atoms with Gasteiger partial charge in [-0.15, -0.1) is 0 Å². The number of carbonyl (C=O) groups excluding carboxylic acids is 1. The van der Waals surface area contributed by atoms with Gasteiger partial charge < -0.3 is 15.4 Å². The van der Waals surface area contributed by atoms with Crippen LogP contribution in [-0.4, -0.2) is 22.3 Å². The van der Waals surface area contributed by atoms with Gasteiger partial charge in [-0.25, -0.2) is 4.68 Å². The van der Waals surface area contributed by atoms with Gasteiger partial charge in [0, 0.05) is 15.9 Å². The zero-order valence-corrected chi connectivity index (χ0v) is 20.1. The van der Waals surface area contributed by atoms with Gasteiger partial charge in [0.1, 0.15) is 17.1 Å². The first-order valence-electron chi connectivity index (χ1n) is 11.0. The van der Waals surface area contributed by atoms with Crippen molar-refractivity contribution in [2.45, 2.75) is 13.0 Å². The number of nitrogens with zero attached hydrogens (tertiary/aromatic N) is 2. The molecule has 3 aromatic carbocycles. The average Bonchev–Trinajstić information content (AvgIpc) is 3.30. The molecule has 0 radical (unpaired) electrons. The van der Waals surface area contributed by atoms with Crippen LogP contribution in [0.2, 0.25) is 0 Å². The Kier molecular flexibility index (Phi) is 6.18. The van der Waals surface area contributed by atoms with Crippen LogP contribution in [0.1, 0.15) is 34.5 Å². The number of nitrogens with one attached hydrogen (secondary N) is 2. The molecule has 1 aliphatic rings. The third-order valence-electron chi connectivity index (χ3n) is 5.60. The predicted octanol–water partition coefficient (Wildman–Crippen LogP) is 6.35. The quantitative estimate of drug-likeness (QED) is 0.314. The summed E-state index contributed by atoms with van der Waals surface area (Å²) in [6.07, 6.45) is 3.74. The monoisotopic (exact) mass is 514 g/mol. The van der Waals surface area contributed by atoms with Gasteiger partial charge in [0.2, 0.25) is 0 Å². The van der Waals surface area contributed by atoms with Crippen LogP contribution in [0.15, 0.2) is 95.6 Å². The Morgan fingerprint density at radius 1 is 1.06 bits per heavy atom. The van der Waals surface area contributed by atoms with E-state index in [0.29, 0.717) is 23.7 Å². The van der Waals surface area contributed by atoms with Crippen molar-refractivity contribution in [1.82, 2.24) is 9.78 Å². The van der Waals surface area contributed by atoms with Crippen molar-refractivity contribution in [3.8, 4) is 5.75 Å². The molecule has 0 saturated carbocycles. The van der Waals surface area contributed by atoms with Crippen molar-refractivity contribution in [3.05, 3.63) is 112 Å². The lowest BCUT2D eigenvalue weighted by Gasteiger charge is -2.26. The molecule has 1 atom stereocenters. The first-order valence-corrected chi connectivity index (χ1v) is 11.8. The molecule has 0 fully saturated rings. The summed E-state index contributed by atoms with van der Waals surface area (Å²) in [5, 5.41) is 11.0. The lowest BCUT2D eigenvalue weighted by molar-refractivity contribution is 0.102. The number of halogens is 1. The smallest absolute Gasteiger partial charge is 0.261 e. The maximum Gasteiger partial charge on any atom is 0.261 e. The second-order valence-electron chi connectivity index (χ2n) is 7.83. The SMILES string of the molecule is CCOc1ccc(NC(=O)c2cnn3c2NC(c2ccccc2)=C[C@H]3c2ccc(Br)cc2)cc1. The van der Waals surface area contributed by atoms with Crippen molar-refractivity contribution in [2.24, 2.45) is 0 Å².